The van der Waals surface area contributed by atoms with Crippen LogP contribution in [0.15, 0.2) is 40.9 Å². The van der Waals surface area contributed by atoms with Gasteiger partial charge in [0.25, 0.3) is 0 Å². The van der Waals surface area contributed by atoms with Crippen LogP contribution in [0.2, 0.25) is 0 Å². The largest absolute Gasteiger partial charge is 0.497 e. The van der Waals surface area contributed by atoms with E-state index in [4.69, 9.17) is 18.9 Å². The summed E-state index contributed by atoms with van der Waals surface area (Å²) in [6.07, 6.45) is 0. The first-order valence-electron chi connectivity index (χ1n) is 7.55. The molecule has 0 aliphatic carbocycles. The average molecular weight is 397 g/mol. The van der Waals surface area contributed by atoms with Gasteiger partial charge in [0.1, 0.15) is 23.9 Å². The normalized spacial score (nSPS) is 16.2. The highest BCUT2D eigenvalue weighted by Crippen LogP contribution is 2.42. The van der Waals surface area contributed by atoms with Gasteiger partial charge in [0, 0.05) is 0 Å². The molecule has 1 heterocycles. The van der Waals surface area contributed by atoms with Gasteiger partial charge >= 0.3 is 0 Å². The van der Waals surface area contributed by atoms with Crippen LogP contribution < -0.4 is 9.47 Å². The van der Waals surface area contributed by atoms with Crippen molar-refractivity contribution in [2.75, 3.05) is 20.3 Å². The lowest BCUT2D eigenvalue weighted by Crippen LogP contribution is -2.24. The van der Waals surface area contributed by atoms with Crippen molar-refractivity contribution in [2.24, 2.45) is 0 Å². The van der Waals surface area contributed by atoms with Crippen LogP contribution in [0.25, 0.3) is 0 Å². The highest BCUT2D eigenvalue weighted by molar-refractivity contribution is 9.10. The summed E-state index contributed by atoms with van der Waals surface area (Å²) in [6, 6.07) is 10.5. The molecule has 2 aromatic rings. The van der Waals surface area contributed by atoms with Crippen molar-refractivity contribution >= 4 is 15.9 Å². The number of rotatable bonds is 5. The highest BCUT2D eigenvalue weighted by Gasteiger charge is 2.38. The number of halogens is 2. The van der Waals surface area contributed by atoms with Gasteiger partial charge in [-0.3, -0.25) is 0 Å². The molecule has 0 atom stereocenters. The predicted molar refractivity (Wildman–Crippen MR) is 90.7 cm³/mol. The summed E-state index contributed by atoms with van der Waals surface area (Å²) in [5.74, 6) is -0.120. The maximum absolute atomic E-state index is 14.0. The van der Waals surface area contributed by atoms with Crippen LogP contribution in [0.5, 0.6) is 11.5 Å². The van der Waals surface area contributed by atoms with E-state index in [1.807, 2.05) is 24.3 Å². The molecule has 0 radical (unpaired) electrons. The Balaban J connectivity index is 1.86. The Hall–Kier alpha value is -1.63. The van der Waals surface area contributed by atoms with Gasteiger partial charge in [0.15, 0.2) is 5.79 Å². The van der Waals surface area contributed by atoms with Crippen molar-refractivity contribution < 1.29 is 23.3 Å². The lowest BCUT2D eigenvalue weighted by atomic mass is 10.1. The van der Waals surface area contributed by atoms with Gasteiger partial charge in [0.2, 0.25) is 0 Å². The molecule has 0 aromatic heterocycles. The van der Waals surface area contributed by atoms with Crippen LogP contribution in [0.1, 0.15) is 18.1 Å². The Morgan fingerprint density at radius 3 is 2.42 bits per heavy atom. The van der Waals surface area contributed by atoms with Crippen molar-refractivity contribution in [3.05, 3.63) is 57.8 Å². The maximum atomic E-state index is 14.0. The molecule has 128 valence electrons. The van der Waals surface area contributed by atoms with E-state index in [9.17, 15) is 4.39 Å². The molecule has 24 heavy (non-hydrogen) atoms. The standard InChI is InChI=1S/C18H18BrFO4/c1-18(23-9-10-24-18)16-15(8-7-14(20)17(16)19)22-11-12-3-5-13(21-2)6-4-12/h3-8H,9-11H2,1-2H3. The Bertz CT molecular complexity index is 712. The van der Waals surface area contributed by atoms with Crippen molar-refractivity contribution in [3.63, 3.8) is 0 Å². The smallest absolute Gasteiger partial charge is 0.196 e. The van der Waals surface area contributed by atoms with Crippen molar-refractivity contribution in [3.8, 4) is 11.5 Å². The molecule has 1 aliphatic rings. The molecule has 0 saturated carbocycles. The zero-order valence-corrected chi connectivity index (χ0v) is 15.1. The first-order valence-corrected chi connectivity index (χ1v) is 8.35. The van der Waals surface area contributed by atoms with Gasteiger partial charge in [-0.1, -0.05) is 12.1 Å². The maximum Gasteiger partial charge on any atom is 0.196 e. The van der Waals surface area contributed by atoms with Gasteiger partial charge in [-0.05, 0) is 52.7 Å². The Morgan fingerprint density at radius 1 is 1.12 bits per heavy atom. The molecule has 1 fully saturated rings. The highest BCUT2D eigenvalue weighted by atomic mass is 79.9. The predicted octanol–water partition coefficient (Wildman–Crippen LogP) is 4.40. The summed E-state index contributed by atoms with van der Waals surface area (Å²) >= 11 is 3.29. The summed E-state index contributed by atoms with van der Waals surface area (Å²) in [5, 5.41) is 0. The molecule has 0 unspecified atom stereocenters. The average Bonchev–Trinajstić information content (AvgIpc) is 3.03. The topological polar surface area (TPSA) is 36.9 Å². The molecule has 0 N–H and O–H groups in total. The molecule has 6 heteroatoms. The second-order valence-electron chi connectivity index (χ2n) is 5.51. The van der Waals surface area contributed by atoms with Crippen LogP contribution in [0.4, 0.5) is 4.39 Å². The third kappa shape index (κ3) is 3.41. The minimum atomic E-state index is -1.03. The van der Waals surface area contributed by atoms with E-state index < -0.39 is 5.79 Å². The number of benzene rings is 2. The summed E-state index contributed by atoms with van der Waals surface area (Å²) < 4.78 is 36.7. The molecular weight excluding hydrogens is 379 g/mol. The molecule has 4 nitrogen and oxygen atoms in total. The second-order valence-corrected chi connectivity index (χ2v) is 6.31. The summed E-state index contributed by atoms with van der Waals surface area (Å²) in [6.45, 7) is 3.01. The molecule has 0 amide bonds. The molecule has 1 saturated heterocycles. The Kier molecular flexibility index (Phi) is 5.08. The lowest BCUT2D eigenvalue weighted by molar-refractivity contribution is -0.151. The molecule has 0 spiro atoms. The zero-order chi connectivity index (χ0) is 17.2. The number of ether oxygens (including phenoxy) is 4. The van der Waals surface area contributed by atoms with Crippen LogP contribution in [-0.2, 0) is 21.9 Å². The summed E-state index contributed by atoms with van der Waals surface area (Å²) in [7, 11) is 1.62. The van der Waals surface area contributed by atoms with E-state index in [1.165, 1.54) is 6.07 Å². The van der Waals surface area contributed by atoms with Crippen molar-refractivity contribution in [1.82, 2.24) is 0 Å². The van der Waals surface area contributed by atoms with Gasteiger partial charge in [-0.25, -0.2) is 4.39 Å². The lowest BCUT2D eigenvalue weighted by Gasteiger charge is -2.26. The third-order valence-corrected chi connectivity index (χ3v) is 4.68. The zero-order valence-electron chi connectivity index (χ0n) is 13.5. The van der Waals surface area contributed by atoms with E-state index in [-0.39, 0.29) is 5.82 Å². The molecular formula is C18H18BrFO4. The van der Waals surface area contributed by atoms with E-state index >= 15 is 0 Å². The summed E-state index contributed by atoms with van der Waals surface area (Å²) in [4.78, 5) is 0. The van der Waals surface area contributed by atoms with E-state index in [0.717, 1.165) is 11.3 Å². The number of methoxy groups -OCH3 is 1. The SMILES string of the molecule is COc1ccc(COc2ccc(F)c(Br)c2C2(C)OCCO2)cc1. The first kappa shape index (κ1) is 17.2. The van der Waals surface area contributed by atoms with Gasteiger partial charge in [-0.15, -0.1) is 0 Å². The molecule has 3 rings (SSSR count). The monoisotopic (exact) mass is 396 g/mol. The van der Waals surface area contributed by atoms with E-state index in [2.05, 4.69) is 15.9 Å². The van der Waals surface area contributed by atoms with Crippen molar-refractivity contribution in [1.29, 1.82) is 0 Å². The van der Waals surface area contributed by atoms with Gasteiger partial charge in [-0.2, -0.15) is 0 Å². The molecule has 2 aromatic carbocycles. The fourth-order valence-corrected chi connectivity index (χ4v) is 3.31. The van der Waals surface area contributed by atoms with Crippen LogP contribution in [0.3, 0.4) is 0 Å². The fraction of sp³-hybridized carbons (Fsp3) is 0.333. The van der Waals surface area contributed by atoms with Gasteiger partial charge in [0.05, 0.1) is 30.4 Å². The van der Waals surface area contributed by atoms with Crippen LogP contribution in [0, 0.1) is 5.82 Å². The Labute approximate surface area is 148 Å². The van der Waals surface area contributed by atoms with E-state index in [0.29, 0.717) is 35.6 Å². The third-order valence-electron chi connectivity index (χ3n) is 3.90. The second kappa shape index (κ2) is 7.09. The van der Waals surface area contributed by atoms with E-state index in [1.54, 1.807) is 20.1 Å². The quantitative estimate of drug-likeness (QED) is 0.750. The summed E-state index contributed by atoms with van der Waals surface area (Å²) in [5.41, 5.74) is 1.49. The minimum Gasteiger partial charge on any atom is -0.497 e. The Morgan fingerprint density at radius 2 is 1.79 bits per heavy atom. The number of hydrogen-bond acceptors (Lipinski definition) is 4. The number of hydrogen-bond donors (Lipinski definition) is 0. The van der Waals surface area contributed by atoms with Crippen LogP contribution in [-0.4, -0.2) is 20.3 Å². The first-order chi connectivity index (χ1) is 11.5. The fourth-order valence-electron chi connectivity index (χ4n) is 2.62. The molecule has 1 aliphatic heterocycles. The van der Waals surface area contributed by atoms with Crippen LogP contribution >= 0.6 is 15.9 Å². The minimum absolute atomic E-state index is 0.291. The van der Waals surface area contributed by atoms with Crippen molar-refractivity contribution in [2.45, 2.75) is 19.3 Å². The van der Waals surface area contributed by atoms with Gasteiger partial charge < -0.3 is 18.9 Å². The molecule has 0 bridgehead atoms.